The molecule has 0 saturated carbocycles. The molecular weight excluding hydrogens is 652 g/mol. The van der Waals surface area contributed by atoms with Gasteiger partial charge in [0.25, 0.3) is 0 Å². The molecule has 0 spiro atoms. The van der Waals surface area contributed by atoms with Gasteiger partial charge >= 0.3 is 0 Å². The molecular formula is C42H38N6O4. The van der Waals surface area contributed by atoms with Gasteiger partial charge in [0.15, 0.2) is 5.78 Å². The largest absolute Gasteiger partial charge is 0.508 e. The van der Waals surface area contributed by atoms with E-state index in [4.69, 9.17) is 0 Å². The molecule has 4 aromatic carbocycles. The van der Waals surface area contributed by atoms with E-state index in [1.54, 1.807) is 54.9 Å². The fourth-order valence-electron chi connectivity index (χ4n) is 6.64. The summed E-state index contributed by atoms with van der Waals surface area (Å²) in [6.45, 7) is 4.27. The Bertz CT molecular complexity index is 2260. The number of aliphatic hydroxyl groups is 1. The van der Waals surface area contributed by atoms with Crippen LogP contribution in [0.1, 0.15) is 51.8 Å². The molecule has 1 aliphatic heterocycles. The van der Waals surface area contributed by atoms with Crippen molar-refractivity contribution in [2.75, 3.05) is 13.1 Å². The van der Waals surface area contributed by atoms with Gasteiger partial charge in [0.2, 0.25) is 5.91 Å². The average molecular weight is 691 g/mol. The molecule has 0 bridgehead atoms. The molecule has 52 heavy (non-hydrogen) atoms. The van der Waals surface area contributed by atoms with Crippen molar-refractivity contribution in [3.8, 4) is 5.75 Å². The number of ketones is 1. The lowest BCUT2D eigenvalue weighted by Gasteiger charge is -2.32. The second kappa shape index (κ2) is 15.3. The van der Waals surface area contributed by atoms with E-state index in [1.807, 2.05) is 72.5 Å². The number of aromatic hydroxyl groups is 1. The maximum absolute atomic E-state index is 13.7. The van der Waals surface area contributed by atoms with E-state index in [0.29, 0.717) is 35.9 Å². The fraction of sp³-hybridized carbons (Fsp3) is 0.190. The first-order chi connectivity index (χ1) is 25.3. The summed E-state index contributed by atoms with van der Waals surface area (Å²) in [7, 11) is 0. The topological polar surface area (TPSA) is 133 Å². The van der Waals surface area contributed by atoms with Crippen LogP contribution in [0, 0.1) is 12.8 Å². The molecule has 1 aliphatic rings. The van der Waals surface area contributed by atoms with Crippen molar-refractivity contribution in [2.24, 2.45) is 16.1 Å². The predicted octanol–water partition coefficient (Wildman–Crippen LogP) is 8.15. The normalized spacial score (nSPS) is 14.6. The summed E-state index contributed by atoms with van der Waals surface area (Å²) in [5.74, 6) is 0.662. The molecule has 1 atom stereocenters. The van der Waals surface area contributed by atoms with Crippen molar-refractivity contribution in [3.63, 3.8) is 0 Å². The lowest BCUT2D eigenvalue weighted by atomic mass is 9.95. The van der Waals surface area contributed by atoms with Gasteiger partial charge in [-0.15, -0.1) is 0 Å². The van der Waals surface area contributed by atoms with Crippen LogP contribution >= 0.6 is 0 Å². The van der Waals surface area contributed by atoms with Crippen molar-refractivity contribution in [1.29, 1.82) is 0 Å². The molecule has 2 N–H and O–H groups in total. The summed E-state index contributed by atoms with van der Waals surface area (Å²) in [4.78, 5) is 37.3. The lowest BCUT2D eigenvalue weighted by molar-refractivity contribution is -0.127. The number of piperidine rings is 1. The number of carbonyl (C=O) groups excluding carboxylic acids is 2. The molecule has 260 valence electrons. The lowest BCUT2D eigenvalue weighted by Crippen LogP contribution is -2.38. The summed E-state index contributed by atoms with van der Waals surface area (Å²) in [5.41, 5.74) is 5.91. The van der Waals surface area contributed by atoms with Crippen LogP contribution < -0.4 is 0 Å². The first-order valence-corrected chi connectivity index (χ1v) is 17.3. The first-order valence-electron chi connectivity index (χ1n) is 17.3. The molecule has 10 nitrogen and oxygen atoms in total. The highest BCUT2D eigenvalue weighted by Gasteiger charge is 2.25. The van der Waals surface area contributed by atoms with E-state index in [9.17, 15) is 19.8 Å². The van der Waals surface area contributed by atoms with Gasteiger partial charge in [0, 0.05) is 43.0 Å². The SMILES string of the molecule is Cc1nc2cnccc2n1CC1CCN(C(=O)C=C(c2ccccc2)c2ccc(N=Nc3ccc(O)c(C(O)C(=O)c4ccccc4)c3)cc2)CC1. The molecule has 0 aliphatic carbocycles. The Morgan fingerprint density at radius 2 is 1.48 bits per heavy atom. The van der Waals surface area contributed by atoms with Gasteiger partial charge in [-0.1, -0.05) is 72.8 Å². The molecule has 3 heterocycles. The third-order valence-corrected chi connectivity index (χ3v) is 9.53. The van der Waals surface area contributed by atoms with Crippen LogP contribution in [0.2, 0.25) is 0 Å². The molecule has 10 heteroatoms. The Hall–Kier alpha value is -6.26. The van der Waals surface area contributed by atoms with E-state index < -0.39 is 11.9 Å². The van der Waals surface area contributed by atoms with Gasteiger partial charge in [-0.25, -0.2) is 4.98 Å². The van der Waals surface area contributed by atoms with Gasteiger partial charge in [-0.05, 0) is 78.8 Å². The number of fused-ring (bicyclic) bond motifs is 1. The number of azo groups is 1. The number of phenols is 1. The zero-order valence-corrected chi connectivity index (χ0v) is 28.7. The van der Waals surface area contributed by atoms with Gasteiger partial charge in [-0.2, -0.15) is 10.2 Å². The van der Waals surface area contributed by atoms with Crippen LogP contribution in [-0.2, 0) is 11.3 Å². The summed E-state index contributed by atoms with van der Waals surface area (Å²) in [5, 5.41) is 29.8. The van der Waals surface area contributed by atoms with Crippen molar-refractivity contribution >= 4 is 39.7 Å². The number of aryl methyl sites for hydroxylation is 1. The Morgan fingerprint density at radius 1 is 0.846 bits per heavy atom. The Morgan fingerprint density at radius 3 is 2.19 bits per heavy atom. The van der Waals surface area contributed by atoms with Gasteiger partial charge in [-0.3, -0.25) is 14.6 Å². The Kier molecular flexibility index (Phi) is 10.1. The first kappa shape index (κ1) is 34.2. The third kappa shape index (κ3) is 7.57. The van der Waals surface area contributed by atoms with Crippen LogP contribution in [0.15, 0.2) is 138 Å². The van der Waals surface area contributed by atoms with E-state index >= 15 is 0 Å². The molecule has 2 aromatic heterocycles. The molecule has 1 fully saturated rings. The molecule has 6 aromatic rings. The maximum atomic E-state index is 13.7. The van der Waals surface area contributed by atoms with Crippen molar-refractivity contribution in [1.82, 2.24) is 19.4 Å². The smallest absolute Gasteiger partial charge is 0.247 e. The highest BCUT2D eigenvalue weighted by molar-refractivity contribution is 6.00. The van der Waals surface area contributed by atoms with Crippen molar-refractivity contribution in [3.05, 3.63) is 156 Å². The van der Waals surface area contributed by atoms with E-state index in [1.165, 1.54) is 12.1 Å². The van der Waals surface area contributed by atoms with Gasteiger partial charge < -0.3 is 19.7 Å². The van der Waals surface area contributed by atoms with Crippen molar-refractivity contribution in [2.45, 2.75) is 32.4 Å². The minimum absolute atomic E-state index is 0.0209. The number of pyridine rings is 1. The standard InChI is InChI=1S/C42H38N6O4/c1-28-44-37-26-43-21-18-38(37)48(28)27-29-19-22-47(23-20-29)40(50)25-35(30-8-4-2-5-9-30)31-12-14-33(15-13-31)45-46-34-16-17-39(49)36(24-34)42(52)41(51)32-10-6-3-7-11-32/h2-18,21,24-26,29,42,49,52H,19-20,22-23,27H2,1H3. The van der Waals surface area contributed by atoms with Crippen LogP contribution in [0.4, 0.5) is 11.4 Å². The summed E-state index contributed by atoms with van der Waals surface area (Å²) in [6.07, 6.45) is 5.59. The van der Waals surface area contributed by atoms with Crippen molar-refractivity contribution < 1.29 is 19.8 Å². The van der Waals surface area contributed by atoms with Crippen LogP contribution in [0.25, 0.3) is 16.6 Å². The maximum Gasteiger partial charge on any atom is 0.247 e. The quantitative estimate of drug-likeness (QED) is 0.0847. The van der Waals surface area contributed by atoms with Gasteiger partial charge in [0.1, 0.15) is 23.2 Å². The summed E-state index contributed by atoms with van der Waals surface area (Å²) >= 11 is 0. The number of hydrogen-bond acceptors (Lipinski definition) is 8. The number of likely N-dealkylation sites (tertiary alicyclic amines) is 1. The Balaban J connectivity index is 1.04. The number of nitrogens with zero attached hydrogens (tertiary/aromatic N) is 6. The van der Waals surface area contributed by atoms with Gasteiger partial charge in [0.05, 0.1) is 23.1 Å². The van der Waals surface area contributed by atoms with Crippen LogP contribution in [0.5, 0.6) is 5.75 Å². The number of Topliss-reactive ketones (excluding diaryl/α,β-unsaturated/α-hetero) is 1. The van der Waals surface area contributed by atoms with E-state index in [0.717, 1.165) is 52.9 Å². The number of benzene rings is 4. The second-order valence-corrected chi connectivity index (χ2v) is 12.9. The van der Waals surface area contributed by atoms with E-state index in [-0.39, 0.29) is 17.2 Å². The number of hydrogen-bond donors (Lipinski definition) is 2. The van der Waals surface area contributed by atoms with Crippen LogP contribution in [0.3, 0.4) is 0 Å². The zero-order chi connectivity index (χ0) is 36.0. The number of carbonyl (C=O) groups is 2. The number of aromatic nitrogens is 3. The Labute approximate surface area is 301 Å². The minimum Gasteiger partial charge on any atom is -0.508 e. The molecule has 1 unspecified atom stereocenters. The molecule has 7 rings (SSSR count). The van der Waals surface area contributed by atoms with E-state index in [2.05, 4.69) is 24.8 Å². The molecule has 1 saturated heterocycles. The second-order valence-electron chi connectivity index (χ2n) is 12.9. The summed E-state index contributed by atoms with van der Waals surface area (Å²) < 4.78 is 2.26. The monoisotopic (exact) mass is 690 g/mol. The fourth-order valence-corrected chi connectivity index (χ4v) is 6.64. The molecule has 1 amide bonds. The third-order valence-electron chi connectivity index (χ3n) is 9.53. The number of phenolic OH excluding ortho intramolecular Hbond substituents is 1. The average Bonchev–Trinajstić information content (AvgIpc) is 3.51. The predicted molar refractivity (Wildman–Crippen MR) is 200 cm³/mol. The number of imidazole rings is 1. The highest BCUT2D eigenvalue weighted by Crippen LogP contribution is 2.32. The minimum atomic E-state index is -1.56. The number of rotatable bonds is 10. The summed E-state index contributed by atoms with van der Waals surface area (Å²) in [6, 6.07) is 32.1. The molecule has 0 radical (unpaired) electrons. The number of aliphatic hydroxyl groups excluding tert-OH is 1. The zero-order valence-electron chi connectivity index (χ0n) is 28.7. The van der Waals surface area contributed by atoms with Crippen LogP contribution in [-0.4, -0.2) is 54.4 Å². The highest BCUT2D eigenvalue weighted by atomic mass is 16.3. The number of amides is 1.